The van der Waals surface area contributed by atoms with Gasteiger partial charge in [0, 0.05) is 32.1 Å². The SMILES string of the molecule is C#CCCCn1ncc(N2CCOCC2)cc1=O. The molecule has 0 aliphatic carbocycles. The molecule has 0 aromatic carbocycles. The van der Waals surface area contributed by atoms with Gasteiger partial charge in [-0.2, -0.15) is 5.10 Å². The Bertz CT molecular complexity index is 484. The molecule has 0 radical (unpaired) electrons. The lowest BCUT2D eigenvalue weighted by Gasteiger charge is -2.28. The number of unbranched alkanes of at least 4 members (excludes halogenated alkanes) is 1. The highest BCUT2D eigenvalue weighted by Crippen LogP contribution is 2.11. The number of aromatic nitrogens is 2. The second kappa shape index (κ2) is 6.22. The smallest absolute Gasteiger partial charge is 0.268 e. The van der Waals surface area contributed by atoms with E-state index in [0.717, 1.165) is 25.2 Å². The van der Waals surface area contributed by atoms with E-state index in [4.69, 9.17) is 11.2 Å². The summed E-state index contributed by atoms with van der Waals surface area (Å²) in [5, 5.41) is 4.18. The van der Waals surface area contributed by atoms with E-state index < -0.39 is 0 Å². The van der Waals surface area contributed by atoms with Crippen LogP contribution in [0.4, 0.5) is 5.69 Å². The molecule has 96 valence electrons. The van der Waals surface area contributed by atoms with Gasteiger partial charge >= 0.3 is 0 Å². The predicted octanol–water partition coefficient (Wildman–Crippen LogP) is 0.493. The monoisotopic (exact) mass is 247 g/mol. The minimum atomic E-state index is -0.0731. The summed E-state index contributed by atoms with van der Waals surface area (Å²) in [6, 6.07) is 1.63. The molecule has 1 fully saturated rings. The van der Waals surface area contributed by atoms with Gasteiger partial charge in [0.15, 0.2) is 0 Å². The first-order valence-corrected chi connectivity index (χ1v) is 6.14. The Hall–Kier alpha value is -1.80. The van der Waals surface area contributed by atoms with Crippen LogP contribution in [0.1, 0.15) is 12.8 Å². The van der Waals surface area contributed by atoms with E-state index in [1.165, 1.54) is 4.68 Å². The Morgan fingerprint density at radius 2 is 2.22 bits per heavy atom. The van der Waals surface area contributed by atoms with Gasteiger partial charge in [0.05, 0.1) is 25.1 Å². The molecule has 5 heteroatoms. The van der Waals surface area contributed by atoms with Gasteiger partial charge in [-0.25, -0.2) is 4.68 Å². The van der Waals surface area contributed by atoms with Crippen molar-refractivity contribution in [2.24, 2.45) is 0 Å². The standard InChI is InChI=1S/C13H17N3O2/c1-2-3-4-5-16-13(17)10-12(11-14-16)15-6-8-18-9-7-15/h1,10-11H,3-9H2. The third-order valence-electron chi connectivity index (χ3n) is 2.92. The number of rotatable bonds is 4. The maximum atomic E-state index is 11.9. The number of ether oxygens (including phenoxy) is 1. The van der Waals surface area contributed by atoms with Gasteiger partial charge in [-0.3, -0.25) is 4.79 Å². The maximum Gasteiger partial charge on any atom is 0.268 e. The molecular formula is C13H17N3O2. The molecule has 1 aromatic rings. The summed E-state index contributed by atoms with van der Waals surface area (Å²) in [6.45, 7) is 3.59. The summed E-state index contributed by atoms with van der Waals surface area (Å²) in [4.78, 5) is 14.0. The molecule has 1 aliphatic rings. The molecule has 18 heavy (non-hydrogen) atoms. The van der Waals surface area contributed by atoms with Crippen LogP contribution in [0, 0.1) is 12.3 Å². The average molecular weight is 247 g/mol. The first-order valence-electron chi connectivity index (χ1n) is 6.14. The van der Waals surface area contributed by atoms with E-state index in [2.05, 4.69) is 15.9 Å². The number of nitrogens with zero attached hydrogens (tertiary/aromatic N) is 3. The zero-order valence-electron chi connectivity index (χ0n) is 10.3. The highest BCUT2D eigenvalue weighted by atomic mass is 16.5. The molecule has 1 aromatic heterocycles. The van der Waals surface area contributed by atoms with Gasteiger partial charge in [-0.15, -0.1) is 12.3 Å². The van der Waals surface area contributed by atoms with Crippen molar-refractivity contribution in [3.05, 3.63) is 22.6 Å². The lowest BCUT2D eigenvalue weighted by molar-refractivity contribution is 0.122. The summed E-state index contributed by atoms with van der Waals surface area (Å²) >= 11 is 0. The highest BCUT2D eigenvalue weighted by Gasteiger charge is 2.12. The third-order valence-corrected chi connectivity index (χ3v) is 2.92. The van der Waals surface area contributed by atoms with Crippen LogP contribution >= 0.6 is 0 Å². The first-order chi connectivity index (χ1) is 8.81. The van der Waals surface area contributed by atoms with E-state index in [1.54, 1.807) is 12.3 Å². The van der Waals surface area contributed by atoms with Gasteiger partial charge in [-0.05, 0) is 6.42 Å². The Balaban J connectivity index is 2.04. The Morgan fingerprint density at radius 1 is 1.44 bits per heavy atom. The zero-order valence-corrected chi connectivity index (χ0v) is 10.3. The van der Waals surface area contributed by atoms with E-state index in [1.807, 2.05) is 0 Å². The summed E-state index contributed by atoms with van der Waals surface area (Å²) in [7, 11) is 0. The van der Waals surface area contributed by atoms with Gasteiger partial charge in [0.2, 0.25) is 0 Å². The minimum Gasteiger partial charge on any atom is -0.378 e. The molecule has 0 atom stereocenters. The predicted molar refractivity (Wildman–Crippen MR) is 69.6 cm³/mol. The Labute approximate surface area is 106 Å². The molecule has 0 N–H and O–H groups in total. The normalized spacial score (nSPS) is 15.4. The van der Waals surface area contributed by atoms with Crippen molar-refractivity contribution in [2.45, 2.75) is 19.4 Å². The lowest BCUT2D eigenvalue weighted by atomic mass is 10.3. The van der Waals surface area contributed by atoms with E-state index >= 15 is 0 Å². The van der Waals surface area contributed by atoms with Gasteiger partial charge in [-0.1, -0.05) is 0 Å². The van der Waals surface area contributed by atoms with E-state index in [9.17, 15) is 4.79 Å². The fourth-order valence-corrected chi connectivity index (χ4v) is 1.92. The van der Waals surface area contributed by atoms with Crippen LogP contribution in [0.25, 0.3) is 0 Å². The van der Waals surface area contributed by atoms with Crippen LogP contribution < -0.4 is 10.5 Å². The van der Waals surface area contributed by atoms with Gasteiger partial charge < -0.3 is 9.64 Å². The molecule has 2 rings (SSSR count). The van der Waals surface area contributed by atoms with Crippen LogP contribution in [-0.4, -0.2) is 36.1 Å². The molecule has 1 aliphatic heterocycles. The van der Waals surface area contributed by atoms with E-state index in [0.29, 0.717) is 26.2 Å². The number of hydrogen-bond donors (Lipinski definition) is 0. The molecule has 0 saturated carbocycles. The summed E-state index contributed by atoms with van der Waals surface area (Å²) < 4.78 is 6.74. The number of hydrogen-bond acceptors (Lipinski definition) is 4. The summed E-state index contributed by atoms with van der Waals surface area (Å²) in [6.07, 6.45) is 8.36. The Morgan fingerprint density at radius 3 is 2.89 bits per heavy atom. The topological polar surface area (TPSA) is 47.4 Å². The fraction of sp³-hybridized carbons (Fsp3) is 0.538. The average Bonchev–Trinajstić information content (AvgIpc) is 2.42. The third kappa shape index (κ3) is 3.11. The molecular weight excluding hydrogens is 230 g/mol. The van der Waals surface area contributed by atoms with Crippen molar-refractivity contribution in [3.8, 4) is 12.3 Å². The first kappa shape index (κ1) is 12.7. The van der Waals surface area contributed by atoms with Crippen LogP contribution in [0.3, 0.4) is 0 Å². The lowest BCUT2D eigenvalue weighted by Crippen LogP contribution is -2.37. The van der Waals surface area contributed by atoms with Crippen LogP contribution in [0.5, 0.6) is 0 Å². The number of morpholine rings is 1. The van der Waals surface area contributed by atoms with Crippen LogP contribution in [0.15, 0.2) is 17.1 Å². The number of anilines is 1. The molecule has 0 amide bonds. The van der Waals surface area contributed by atoms with Crippen molar-refractivity contribution in [2.75, 3.05) is 31.2 Å². The summed E-state index contributed by atoms with van der Waals surface area (Å²) in [5.41, 5.74) is 0.799. The quantitative estimate of drug-likeness (QED) is 0.574. The van der Waals surface area contributed by atoms with Crippen LogP contribution in [-0.2, 0) is 11.3 Å². The second-order valence-corrected chi connectivity index (χ2v) is 4.18. The molecule has 2 heterocycles. The summed E-state index contributed by atoms with van der Waals surface area (Å²) in [5.74, 6) is 2.56. The zero-order chi connectivity index (χ0) is 12.8. The Kier molecular flexibility index (Phi) is 4.37. The van der Waals surface area contributed by atoms with Crippen molar-refractivity contribution >= 4 is 5.69 Å². The van der Waals surface area contributed by atoms with Crippen molar-refractivity contribution < 1.29 is 4.74 Å². The van der Waals surface area contributed by atoms with Gasteiger partial charge in [0.1, 0.15) is 0 Å². The maximum absolute atomic E-state index is 11.9. The largest absolute Gasteiger partial charge is 0.378 e. The molecule has 0 unspecified atom stereocenters. The van der Waals surface area contributed by atoms with Crippen molar-refractivity contribution in [1.29, 1.82) is 0 Å². The number of terminal acetylenes is 1. The minimum absolute atomic E-state index is 0.0731. The van der Waals surface area contributed by atoms with Gasteiger partial charge in [0.25, 0.3) is 5.56 Å². The van der Waals surface area contributed by atoms with Crippen LogP contribution in [0.2, 0.25) is 0 Å². The fourth-order valence-electron chi connectivity index (χ4n) is 1.92. The van der Waals surface area contributed by atoms with E-state index in [-0.39, 0.29) is 5.56 Å². The molecule has 5 nitrogen and oxygen atoms in total. The highest BCUT2D eigenvalue weighted by molar-refractivity contribution is 5.43. The van der Waals surface area contributed by atoms with Crippen molar-refractivity contribution in [3.63, 3.8) is 0 Å². The van der Waals surface area contributed by atoms with Crippen molar-refractivity contribution in [1.82, 2.24) is 9.78 Å². The molecule has 0 bridgehead atoms. The molecule has 1 saturated heterocycles. The number of aryl methyl sites for hydroxylation is 1. The second-order valence-electron chi connectivity index (χ2n) is 4.18. The molecule has 0 spiro atoms.